The number of benzene rings is 2. The van der Waals surface area contributed by atoms with E-state index in [1.165, 1.54) is 41.3 Å². The molecular weight excluding hydrogens is 501 g/mol. The normalized spacial score (nSPS) is 12.9. The summed E-state index contributed by atoms with van der Waals surface area (Å²) in [5, 5.41) is 5.85. The lowest BCUT2D eigenvalue weighted by Crippen LogP contribution is -2.41. The minimum absolute atomic E-state index is 0.0175. The number of nitrogens with one attached hydrogen (secondary N) is 2. The third-order valence-corrected chi connectivity index (χ3v) is 6.86. The topological polar surface area (TPSA) is 107 Å². The molecule has 0 atom stereocenters. The summed E-state index contributed by atoms with van der Waals surface area (Å²) in [7, 11) is 1.47. The van der Waals surface area contributed by atoms with Gasteiger partial charge in [-0.2, -0.15) is 0 Å². The first-order valence-corrected chi connectivity index (χ1v) is 12.6. The smallest absolute Gasteiger partial charge is 0.336 e. The van der Waals surface area contributed by atoms with Gasteiger partial charge in [0.1, 0.15) is 17.0 Å². The number of fused-ring (bicyclic) bond motifs is 1. The number of anilines is 2. The number of halogens is 1. The van der Waals surface area contributed by atoms with E-state index in [4.69, 9.17) is 0 Å². The Hall–Kier alpha value is -4.73. The Morgan fingerprint density at radius 1 is 1.10 bits per heavy atom. The summed E-state index contributed by atoms with van der Waals surface area (Å²) in [6.45, 7) is 6.84. The van der Waals surface area contributed by atoms with E-state index in [1.807, 2.05) is 0 Å². The highest BCUT2D eigenvalue weighted by Gasteiger charge is 2.26. The molecule has 5 rings (SSSR count). The molecule has 1 aliphatic rings. The number of carbonyl (C=O) groups excluding carboxylic acids is 1. The van der Waals surface area contributed by atoms with Crippen molar-refractivity contribution in [3.63, 3.8) is 0 Å². The van der Waals surface area contributed by atoms with Crippen LogP contribution in [0.5, 0.6) is 0 Å². The van der Waals surface area contributed by atoms with Crippen LogP contribution in [0.4, 0.5) is 15.9 Å². The fraction of sp³-hybridized carbons (Fsp3) is 0.241. The van der Waals surface area contributed by atoms with Gasteiger partial charge in [0, 0.05) is 30.8 Å². The molecule has 2 aromatic heterocycles. The van der Waals surface area contributed by atoms with E-state index in [0.29, 0.717) is 16.8 Å². The Morgan fingerprint density at radius 2 is 1.85 bits per heavy atom. The predicted octanol–water partition coefficient (Wildman–Crippen LogP) is 3.43. The van der Waals surface area contributed by atoms with E-state index in [-0.39, 0.29) is 46.5 Å². The SMILES string of the molecule is C=CCn1c(=O)c2c(Nc3ccc(C)cc3F)n(C)c(=O)c(C)c2n(-c2cccc(C(=O)NC3CC3)c2)c1=O. The molecule has 0 aliphatic heterocycles. The molecule has 1 saturated carbocycles. The lowest BCUT2D eigenvalue weighted by molar-refractivity contribution is 0.0951. The average molecular weight is 530 g/mol. The predicted molar refractivity (Wildman–Crippen MR) is 149 cm³/mol. The lowest BCUT2D eigenvalue weighted by Gasteiger charge is -2.20. The van der Waals surface area contributed by atoms with Gasteiger partial charge in [-0.1, -0.05) is 18.2 Å². The minimum atomic E-state index is -0.698. The molecule has 0 saturated heterocycles. The van der Waals surface area contributed by atoms with E-state index < -0.39 is 22.6 Å². The molecular formula is C29H28FN5O4. The minimum Gasteiger partial charge on any atom is -0.349 e. The molecule has 9 nitrogen and oxygen atoms in total. The Bertz CT molecular complexity index is 1850. The average Bonchev–Trinajstić information content (AvgIpc) is 3.73. The number of aromatic nitrogens is 3. The fourth-order valence-corrected chi connectivity index (χ4v) is 4.65. The second-order valence-corrected chi connectivity index (χ2v) is 9.79. The van der Waals surface area contributed by atoms with E-state index >= 15 is 0 Å². The first-order valence-electron chi connectivity index (χ1n) is 12.6. The van der Waals surface area contributed by atoms with Crippen LogP contribution in [-0.2, 0) is 13.6 Å². The van der Waals surface area contributed by atoms with Crippen LogP contribution in [0.3, 0.4) is 0 Å². The number of carbonyl (C=O) groups is 1. The Morgan fingerprint density at radius 3 is 2.51 bits per heavy atom. The van der Waals surface area contributed by atoms with Crippen LogP contribution in [0.2, 0.25) is 0 Å². The third kappa shape index (κ3) is 4.58. The van der Waals surface area contributed by atoms with Crippen molar-refractivity contribution < 1.29 is 9.18 Å². The van der Waals surface area contributed by atoms with Crippen LogP contribution < -0.4 is 27.4 Å². The van der Waals surface area contributed by atoms with Crippen LogP contribution in [0.25, 0.3) is 16.6 Å². The van der Waals surface area contributed by atoms with Crippen molar-refractivity contribution in [1.82, 2.24) is 19.0 Å². The number of nitrogens with zero attached hydrogens (tertiary/aromatic N) is 3. The molecule has 10 heteroatoms. The van der Waals surface area contributed by atoms with Gasteiger partial charge in [0.2, 0.25) is 0 Å². The highest BCUT2D eigenvalue weighted by Crippen LogP contribution is 2.27. The van der Waals surface area contributed by atoms with E-state index in [0.717, 1.165) is 17.4 Å². The molecule has 0 spiro atoms. The molecule has 200 valence electrons. The van der Waals surface area contributed by atoms with Crippen LogP contribution >= 0.6 is 0 Å². The molecule has 1 fully saturated rings. The lowest BCUT2D eigenvalue weighted by atomic mass is 10.1. The van der Waals surface area contributed by atoms with Gasteiger partial charge in [-0.25, -0.2) is 9.18 Å². The number of amides is 1. The van der Waals surface area contributed by atoms with Crippen LogP contribution in [-0.4, -0.2) is 25.7 Å². The summed E-state index contributed by atoms with van der Waals surface area (Å²) in [6.07, 6.45) is 3.25. The van der Waals surface area contributed by atoms with Crippen molar-refractivity contribution in [2.24, 2.45) is 7.05 Å². The molecule has 0 bridgehead atoms. The number of hydrogen-bond acceptors (Lipinski definition) is 5. The van der Waals surface area contributed by atoms with Gasteiger partial charge in [-0.3, -0.25) is 28.1 Å². The van der Waals surface area contributed by atoms with Crippen molar-refractivity contribution in [3.05, 3.63) is 109 Å². The summed E-state index contributed by atoms with van der Waals surface area (Å²) >= 11 is 0. The summed E-state index contributed by atoms with van der Waals surface area (Å²) < 4.78 is 18.3. The van der Waals surface area contributed by atoms with Crippen LogP contribution in [0, 0.1) is 19.7 Å². The van der Waals surface area contributed by atoms with Crippen molar-refractivity contribution in [3.8, 4) is 5.69 Å². The van der Waals surface area contributed by atoms with Crippen molar-refractivity contribution in [2.45, 2.75) is 39.3 Å². The molecule has 1 amide bonds. The first-order chi connectivity index (χ1) is 18.6. The zero-order valence-electron chi connectivity index (χ0n) is 21.9. The van der Waals surface area contributed by atoms with Crippen molar-refractivity contribution in [1.29, 1.82) is 0 Å². The largest absolute Gasteiger partial charge is 0.349 e. The Labute approximate surface area is 222 Å². The fourth-order valence-electron chi connectivity index (χ4n) is 4.65. The summed E-state index contributed by atoms with van der Waals surface area (Å²) in [6, 6.07) is 11.1. The maximum Gasteiger partial charge on any atom is 0.336 e. The molecule has 2 heterocycles. The summed E-state index contributed by atoms with van der Waals surface area (Å²) in [5.74, 6) is -0.811. The molecule has 2 aromatic carbocycles. The number of pyridine rings is 1. The number of hydrogen-bond donors (Lipinski definition) is 2. The molecule has 2 N–H and O–H groups in total. The second kappa shape index (κ2) is 9.86. The number of rotatable bonds is 7. The van der Waals surface area contributed by atoms with Gasteiger partial charge in [0.05, 0.1) is 16.9 Å². The monoisotopic (exact) mass is 529 g/mol. The molecule has 0 radical (unpaired) electrons. The van der Waals surface area contributed by atoms with Gasteiger partial charge in [-0.05, 0) is 62.6 Å². The van der Waals surface area contributed by atoms with Gasteiger partial charge in [0.15, 0.2) is 0 Å². The van der Waals surface area contributed by atoms with E-state index in [1.54, 1.807) is 37.3 Å². The highest BCUT2D eigenvalue weighted by molar-refractivity contribution is 5.96. The van der Waals surface area contributed by atoms with Gasteiger partial charge >= 0.3 is 5.69 Å². The first kappa shape index (κ1) is 25.9. The van der Waals surface area contributed by atoms with Gasteiger partial charge in [0.25, 0.3) is 17.0 Å². The molecule has 0 unspecified atom stereocenters. The van der Waals surface area contributed by atoms with Crippen LogP contribution in [0.1, 0.15) is 34.3 Å². The summed E-state index contributed by atoms with van der Waals surface area (Å²) in [4.78, 5) is 53.7. The molecule has 1 aliphatic carbocycles. The summed E-state index contributed by atoms with van der Waals surface area (Å²) in [5.41, 5.74) is -0.219. The maximum atomic E-state index is 14.8. The highest BCUT2D eigenvalue weighted by atomic mass is 19.1. The maximum absolute atomic E-state index is 14.8. The quantitative estimate of drug-likeness (QED) is 0.357. The Kier molecular flexibility index (Phi) is 6.55. The molecule has 4 aromatic rings. The zero-order valence-corrected chi connectivity index (χ0v) is 21.9. The zero-order chi connectivity index (χ0) is 28.0. The molecule has 39 heavy (non-hydrogen) atoms. The van der Waals surface area contributed by atoms with E-state index in [2.05, 4.69) is 17.2 Å². The van der Waals surface area contributed by atoms with Gasteiger partial charge in [-0.15, -0.1) is 6.58 Å². The standard InChI is InChI=1S/C29H28FN5O4/c1-5-13-34-28(38)23-24(17(3)27(37)33(4)25(23)32-22-12-9-16(2)14-21(22)30)35(29(34)39)20-8-6-7-18(15-20)26(36)31-19-10-11-19/h5-9,12,14-15,19,32H,1,10-11,13H2,2-4H3,(H,31,36). The second-order valence-electron chi connectivity index (χ2n) is 9.79. The number of allylic oxidation sites excluding steroid dienone is 1. The third-order valence-electron chi connectivity index (χ3n) is 6.86. The van der Waals surface area contributed by atoms with E-state index in [9.17, 15) is 23.6 Å². The van der Waals surface area contributed by atoms with Crippen molar-refractivity contribution in [2.75, 3.05) is 5.32 Å². The van der Waals surface area contributed by atoms with Crippen molar-refractivity contribution >= 4 is 28.3 Å². The van der Waals surface area contributed by atoms with Gasteiger partial charge < -0.3 is 10.6 Å². The Balaban J connectivity index is 1.85. The number of aryl methyl sites for hydroxylation is 2. The van der Waals surface area contributed by atoms with Crippen LogP contribution in [0.15, 0.2) is 69.5 Å².